The van der Waals surface area contributed by atoms with Crippen LogP contribution in [-0.2, 0) is 0 Å². The number of nitrogens with zero attached hydrogens (tertiary/aromatic N) is 1. The van der Waals surface area contributed by atoms with Gasteiger partial charge < -0.3 is 15.0 Å². The van der Waals surface area contributed by atoms with Crippen LogP contribution in [0.1, 0.15) is 23.2 Å². The molecule has 0 radical (unpaired) electrons. The van der Waals surface area contributed by atoms with Crippen LogP contribution in [0.15, 0.2) is 24.3 Å². The molecule has 116 valence electrons. The number of rotatable bonds is 4. The van der Waals surface area contributed by atoms with Crippen molar-refractivity contribution in [2.75, 3.05) is 26.7 Å². The van der Waals surface area contributed by atoms with E-state index in [1.165, 1.54) is 0 Å². The second-order valence-electron chi connectivity index (χ2n) is 5.22. The number of Topliss-reactive ketones (excluding diaryl/α,β-unsaturated/α-hetero) is 1. The zero-order valence-electron chi connectivity index (χ0n) is 12.7. The molecular weight excluding hydrogens is 280 g/mol. The molecule has 2 amide bonds. The first-order chi connectivity index (χ1) is 10.7. The van der Waals surface area contributed by atoms with Gasteiger partial charge in [0.1, 0.15) is 5.75 Å². The molecule has 1 aromatic carbocycles. The highest BCUT2D eigenvalue weighted by molar-refractivity contribution is 5.98. The van der Waals surface area contributed by atoms with E-state index in [2.05, 4.69) is 11.2 Å². The topological polar surface area (TPSA) is 58.6 Å². The molecule has 0 aliphatic carbocycles. The van der Waals surface area contributed by atoms with E-state index in [0.717, 1.165) is 5.75 Å². The molecule has 1 fully saturated rings. The quantitative estimate of drug-likeness (QED) is 0.683. The van der Waals surface area contributed by atoms with E-state index in [9.17, 15) is 9.59 Å². The third kappa shape index (κ3) is 3.79. The van der Waals surface area contributed by atoms with Crippen LogP contribution in [-0.4, -0.2) is 43.5 Å². The van der Waals surface area contributed by atoms with Crippen molar-refractivity contribution in [3.63, 3.8) is 0 Å². The molecule has 1 aliphatic rings. The first-order valence-corrected chi connectivity index (χ1v) is 7.30. The Kier molecular flexibility index (Phi) is 5.42. The number of piperidine rings is 1. The summed E-state index contributed by atoms with van der Waals surface area (Å²) in [5.74, 6) is 3.20. The number of amides is 2. The molecule has 22 heavy (non-hydrogen) atoms. The highest BCUT2D eigenvalue weighted by atomic mass is 16.5. The van der Waals surface area contributed by atoms with Crippen molar-refractivity contribution in [2.24, 2.45) is 5.92 Å². The molecule has 1 heterocycles. The lowest BCUT2D eigenvalue weighted by atomic mass is 9.89. The summed E-state index contributed by atoms with van der Waals surface area (Å²) in [6, 6.07) is 6.99. The highest BCUT2D eigenvalue weighted by Crippen LogP contribution is 2.23. The van der Waals surface area contributed by atoms with E-state index in [1.54, 1.807) is 36.3 Å². The molecule has 1 N–H and O–H groups in total. The first kappa shape index (κ1) is 15.9. The average molecular weight is 300 g/mol. The maximum Gasteiger partial charge on any atom is 0.318 e. The number of hydrogen-bond donors (Lipinski definition) is 1. The van der Waals surface area contributed by atoms with Gasteiger partial charge in [0.2, 0.25) is 0 Å². The minimum atomic E-state index is -0.159. The van der Waals surface area contributed by atoms with Crippen molar-refractivity contribution in [1.29, 1.82) is 0 Å². The third-order valence-corrected chi connectivity index (χ3v) is 3.87. The van der Waals surface area contributed by atoms with Crippen LogP contribution in [0, 0.1) is 18.3 Å². The molecule has 0 spiro atoms. The number of carbonyl (C=O) groups excluding carboxylic acids is 2. The van der Waals surface area contributed by atoms with Crippen LogP contribution in [0.2, 0.25) is 0 Å². The van der Waals surface area contributed by atoms with Crippen molar-refractivity contribution in [1.82, 2.24) is 10.2 Å². The standard InChI is InChI=1S/C17H20N2O3/c1-3-10-18-17(21)19-11-8-14(9-12-19)16(20)13-4-6-15(22-2)7-5-13/h1,4-7,14H,8-12H2,2H3,(H,18,21). The van der Waals surface area contributed by atoms with Crippen molar-refractivity contribution < 1.29 is 14.3 Å². The Hall–Kier alpha value is -2.48. The second-order valence-corrected chi connectivity index (χ2v) is 5.22. The Morgan fingerprint density at radius 2 is 1.95 bits per heavy atom. The zero-order valence-corrected chi connectivity index (χ0v) is 12.7. The molecule has 1 aliphatic heterocycles. The molecule has 0 unspecified atom stereocenters. The van der Waals surface area contributed by atoms with Crippen LogP contribution >= 0.6 is 0 Å². The smallest absolute Gasteiger partial charge is 0.318 e. The van der Waals surface area contributed by atoms with Gasteiger partial charge in [0.25, 0.3) is 0 Å². The Balaban J connectivity index is 1.89. The van der Waals surface area contributed by atoms with E-state index in [-0.39, 0.29) is 24.3 Å². The molecule has 2 rings (SSSR count). The normalized spacial score (nSPS) is 15.0. The molecule has 0 saturated carbocycles. The van der Waals surface area contributed by atoms with Crippen LogP contribution < -0.4 is 10.1 Å². The number of ether oxygens (including phenoxy) is 1. The summed E-state index contributed by atoms with van der Waals surface area (Å²) in [4.78, 5) is 26.0. The summed E-state index contributed by atoms with van der Waals surface area (Å²) in [6.45, 7) is 1.37. The van der Waals surface area contributed by atoms with Gasteiger partial charge in [-0.15, -0.1) is 6.42 Å². The van der Waals surface area contributed by atoms with Gasteiger partial charge in [-0.05, 0) is 37.1 Å². The lowest BCUT2D eigenvalue weighted by Crippen LogP contribution is -2.45. The first-order valence-electron chi connectivity index (χ1n) is 7.30. The minimum Gasteiger partial charge on any atom is -0.497 e. The lowest BCUT2D eigenvalue weighted by Gasteiger charge is -2.31. The van der Waals surface area contributed by atoms with Gasteiger partial charge in [-0.2, -0.15) is 0 Å². The predicted molar refractivity (Wildman–Crippen MR) is 83.9 cm³/mol. The SMILES string of the molecule is C#CCNC(=O)N1CCC(C(=O)c2ccc(OC)cc2)CC1. The average Bonchev–Trinajstić information content (AvgIpc) is 2.59. The summed E-state index contributed by atoms with van der Waals surface area (Å²) < 4.78 is 5.09. The van der Waals surface area contributed by atoms with Crippen molar-refractivity contribution in [2.45, 2.75) is 12.8 Å². The van der Waals surface area contributed by atoms with Gasteiger partial charge >= 0.3 is 6.03 Å². The van der Waals surface area contributed by atoms with Crippen molar-refractivity contribution >= 4 is 11.8 Å². The van der Waals surface area contributed by atoms with E-state index >= 15 is 0 Å². The Morgan fingerprint density at radius 1 is 1.32 bits per heavy atom. The van der Waals surface area contributed by atoms with Gasteiger partial charge in [0.15, 0.2) is 5.78 Å². The maximum absolute atomic E-state index is 12.5. The monoisotopic (exact) mass is 300 g/mol. The number of hydrogen-bond acceptors (Lipinski definition) is 3. The maximum atomic E-state index is 12.5. The van der Waals surface area contributed by atoms with Crippen LogP contribution in [0.25, 0.3) is 0 Å². The number of nitrogens with one attached hydrogen (secondary N) is 1. The van der Waals surface area contributed by atoms with E-state index in [4.69, 9.17) is 11.2 Å². The fourth-order valence-corrected chi connectivity index (χ4v) is 2.57. The molecule has 0 aromatic heterocycles. The van der Waals surface area contributed by atoms with Crippen LogP contribution in [0.3, 0.4) is 0 Å². The number of carbonyl (C=O) groups is 2. The van der Waals surface area contributed by atoms with Gasteiger partial charge in [0, 0.05) is 24.6 Å². The summed E-state index contributed by atoms with van der Waals surface area (Å²) >= 11 is 0. The molecule has 5 nitrogen and oxygen atoms in total. The highest BCUT2D eigenvalue weighted by Gasteiger charge is 2.27. The number of urea groups is 1. The minimum absolute atomic E-state index is 0.0370. The molecule has 5 heteroatoms. The molecule has 1 aromatic rings. The number of ketones is 1. The Labute approximate surface area is 130 Å². The number of methoxy groups -OCH3 is 1. The Bertz CT molecular complexity index is 567. The summed E-state index contributed by atoms with van der Waals surface area (Å²) in [6.07, 6.45) is 6.47. The lowest BCUT2D eigenvalue weighted by molar-refractivity contribution is 0.0855. The largest absolute Gasteiger partial charge is 0.497 e. The van der Waals surface area contributed by atoms with Gasteiger partial charge in [-0.1, -0.05) is 5.92 Å². The summed E-state index contributed by atoms with van der Waals surface area (Å²) in [7, 11) is 1.60. The predicted octanol–water partition coefficient (Wildman–Crippen LogP) is 1.93. The van der Waals surface area contributed by atoms with E-state index in [1.807, 2.05) is 0 Å². The van der Waals surface area contributed by atoms with Crippen LogP contribution in [0.5, 0.6) is 5.75 Å². The van der Waals surface area contributed by atoms with Crippen LogP contribution in [0.4, 0.5) is 4.79 Å². The van der Waals surface area contributed by atoms with Crippen molar-refractivity contribution in [3.05, 3.63) is 29.8 Å². The van der Waals surface area contributed by atoms with E-state index < -0.39 is 0 Å². The van der Waals surface area contributed by atoms with Gasteiger partial charge in [-0.3, -0.25) is 4.79 Å². The molecule has 1 saturated heterocycles. The fourth-order valence-electron chi connectivity index (χ4n) is 2.57. The summed E-state index contributed by atoms with van der Waals surface area (Å²) in [5, 5.41) is 2.64. The molecule has 0 atom stereocenters. The second kappa shape index (κ2) is 7.51. The van der Waals surface area contributed by atoms with E-state index in [0.29, 0.717) is 31.5 Å². The van der Waals surface area contributed by atoms with Crippen molar-refractivity contribution in [3.8, 4) is 18.1 Å². The third-order valence-electron chi connectivity index (χ3n) is 3.87. The summed E-state index contributed by atoms with van der Waals surface area (Å²) in [5.41, 5.74) is 0.691. The Morgan fingerprint density at radius 3 is 2.50 bits per heavy atom. The molecular formula is C17H20N2O3. The number of terminal acetylenes is 1. The van der Waals surface area contributed by atoms with Gasteiger partial charge in [-0.25, -0.2) is 4.79 Å². The fraction of sp³-hybridized carbons (Fsp3) is 0.412. The molecule has 0 bridgehead atoms. The number of benzene rings is 1. The number of likely N-dealkylation sites (tertiary alicyclic amines) is 1. The zero-order chi connectivity index (χ0) is 15.9. The van der Waals surface area contributed by atoms with Gasteiger partial charge in [0.05, 0.1) is 13.7 Å².